The Balaban J connectivity index is 4.39. The van der Waals surface area contributed by atoms with Gasteiger partial charge in [0.05, 0.1) is 0 Å². The summed E-state index contributed by atoms with van der Waals surface area (Å²) < 4.78 is 0. The van der Waals surface area contributed by atoms with E-state index in [0.29, 0.717) is 6.42 Å². The summed E-state index contributed by atoms with van der Waals surface area (Å²) in [6.07, 6.45) is 1.97. The van der Waals surface area contributed by atoms with Gasteiger partial charge in [-0.2, -0.15) is 0 Å². The van der Waals surface area contributed by atoms with E-state index in [9.17, 15) is 9.59 Å². The summed E-state index contributed by atoms with van der Waals surface area (Å²) in [5, 5.41) is 11.6. The van der Waals surface area contributed by atoms with Crippen molar-refractivity contribution in [3.8, 4) is 0 Å². The first-order valence-electron chi connectivity index (χ1n) is 5.95. The van der Waals surface area contributed by atoms with E-state index in [2.05, 4.69) is 5.32 Å². The molecule has 0 spiro atoms. The second-order valence-corrected chi connectivity index (χ2v) is 4.54. The quantitative estimate of drug-likeness (QED) is 0.702. The van der Waals surface area contributed by atoms with Crippen LogP contribution < -0.4 is 5.32 Å². The number of hydrogen-bond acceptors (Lipinski definition) is 2. The van der Waals surface area contributed by atoms with Gasteiger partial charge in [-0.25, -0.2) is 4.79 Å². The summed E-state index contributed by atoms with van der Waals surface area (Å²) >= 11 is 0. The standard InChI is InChI=1S/C12H23NO3/c1-5-9(6-2)11(14)13-10(12(15)16)7-8(3)4/h8-10H,5-7H2,1-4H3,(H,13,14)(H,15,16)/t10-/m0/s1. The number of hydrogen-bond donors (Lipinski definition) is 2. The Kier molecular flexibility index (Phi) is 6.77. The zero-order valence-electron chi connectivity index (χ0n) is 10.6. The zero-order chi connectivity index (χ0) is 12.7. The van der Waals surface area contributed by atoms with Gasteiger partial charge in [-0.1, -0.05) is 27.7 Å². The van der Waals surface area contributed by atoms with Crippen molar-refractivity contribution in [2.75, 3.05) is 0 Å². The minimum Gasteiger partial charge on any atom is -0.480 e. The maximum atomic E-state index is 11.7. The molecule has 0 saturated heterocycles. The Hall–Kier alpha value is -1.06. The van der Waals surface area contributed by atoms with Gasteiger partial charge in [0.2, 0.25) is 5.91 Å². The third-order valence-corrected chi connectivity index (χ3v) is 2.68. The molecule has 0 aliphatic heterocycles. The van der Waals surface area contributed by atoms with Crippen LogP contribution in [0.1, 0.15) is 47.0 Å². The molecule has 2 N–H and O–H groups in total. The molecule has 0 aromatic heterocycles. The third kappa shape index (κ3) is 5.14. The van der Waals surface area contributed by atoms with E-state index in [0.717, 1.165) is 12.8 Å². The van der Waals surface area contributed by atoms with Crippen molar-refractivity contribution in [1.29, 1.82) is 0 Å². The maximum Gasteiger partial charge on any atom is 0.326 e. The van der Waals surface area contributed by atoms with Crippen LogP contribution in [0.15, 0.2) is 0 Å². The third-order valence-electron chi connectivity index (χ3n) is 2.68. The first kappa shape index (κ1) is 14.9. The van der Waals surface area contributed by atoms with Gasteiger partial charge in [-0.3, -0.25) is 4.79 Å². The molecule has 0 fully saturated rings. The number of carbonyl (C=O) groups excluding carboxylic acids is 1. The summed E-state index contributed by atoms with van der Waals surface area (Å²) in [6, 6.07) is -0.756. The van der Waals surface area contributed by atoms with Gasteiger partial charge in [0.15, 0.2) is 0 Å². The molecular formula is C12H23NO3. The summed E-state index contributed by atoms with van der Waals surface area (Å²) in [5.74, 6) is -0.914. The molecule has 0 aliphatic carbocycles. The molecule has 4 nitrogen and oxygen atoms in total. The molecule has 0 aromatic rings. The van der Waals surface area contributed by atoms with Gasteiger partial charge in [-0.15, -0.1) is 0 Å². The molecule has 0 aromatic carbocycles. The fraction of sp³-hybridized carbons (Fsp3) is 0.833. The molecule has 4 heteroatoms. The van der Waals surface area contributed by atoms with Gasteiger partial charge < -0.3 is 10.4 Å². The second kappa shape index (κ2) is 7.25. The van der Waals surface area contributed by atoms with E-state index in [4.69, 9.17) is 5.11 Å². The van der Waals surface area contributed by atoms with E-state index >= 15 is 0 Å². The number of carboxylic acids is 1. The van der Waals surface area contributed by atoms with E-state index in [1.54, 1.807) is 0 Å². The van der Waals surface area contributed by atoms with Crippen LogP contribution in [0, 0.1) is 11.8 Å². The molecular weight excluding hydrogens is 206 g/mol. The van der Waals surface area contributed by atoms with Crippen LogP contribution in [0.4, 0.5) is 0 Å². The fourth-order valence-electron chi connectivity index (χ4n) is 1.64. The average Bonchev–Trinajstić information content (AvgIpc) is 2.17. The van der Waals surface area contributed by atoms with Crippen molar-refractivity contribution >= 4 is 11.9 Å². The van der Waals surface area contributed by atoms with E-state index in [1.807, 2.05) is 27.7 Å². The number of carboxylic acid groups (broad SMARTS) is 1. The summed E-state index contributed by atoms with van der Waals surface area (Å²) in [7, 11) is 0. The molecule has 16 heavy (non-hydrogen) atoms. The molecule has 0 unspecified atom stereocenters. The Morgan fingerprint density at radius 1 is 1.19 bits per heavy atom. The van der Waals surface area contributed by atoms with E-state index in [1.165, 1.54) is 0 Å². The van der Waals surface area contributed by atoms with Crippen LogP contribution in [-0.2, 0) is 9.59 Å². The van der Waals surface area contributed by atoms with Gasteiger partial charge in [0.1, 0.15) is 6.04 Å². The second-order valence-electron chi connectivity index (χ2n) is 4.54. The maximum absolute atomic E-state index is 11.7. The van der Waals surface area contributed by atoms with Crippen molar-refractivity contribution < 1.29 is 14.7 Å². The van der Waals surface area contributed by atoms with Crippen molar-refractivity contribution in [1.82, 2.24) is 5.32 Å². The Morgan fingerprint density at radius 3 is 2.00 bits per heavy atom. The van der Waals surface area contributed by atoms with Crippen LogP contribution >= 0.6 is 0 Å². The summed E-state index contributed by atoms with van der Waals surface area (Å²) in [6.45, 7) is 7.76. The lowest BCUT2D eigenvalue weighted by atomic mass is 10.00. The number of aliphatic carboxylic acids is 1. The van der Waals surface area contributed by atoms with Crippen LogP contribution in [0.25, 0.3) is 0 Å². The minimum atomic E-state index is -0.951. The highest BCUT2D eigenvalue weighted by atomic mass is 16.4. The lowest BCUT2D eigenvalue weighted by Gasteiger charge is -2.19. The monoisotopic (exact) mass is 229 g/mol. The Labute approximate surface area is 97.4 Å². The van der Waals surface area contributed by atoms with E-state index in [-0.39, 0.29) is 17.7 Å². The molecule has 0 rings (SSSR count). The summed E-state index contributed by atoms with van der Waals surface area (Å²) in [4.78, 5) is 22.7. The molecule has 0 radical (unpaired) electrons. The zero-order valence-corrected chi connectivity index (χ0v) is 10.6. The van der Waals surface area contributed by atoms with E-state index < -0.39 is 12.0 Å². The highest BCUT2D eigenvalue weighted by molar-refractivity contribution is 5.84. The van der Waals surface area contributed by atoms with Crippen molar-refractivity contribution in [2.24, 2.45) is 11.8 Å². The predicted molar refractivity (Wildman–Crippen MR) is 63.1 cm³/mol. The van der Waals surface area contributed by atoms with Crippen LogP contribution in [0.2, 0.25) is 0 Å². The fourth-order valence-corrected chi connectivity index (χ4v) is 1.64. The number of nitrogens with one attached hydrogen (secondary N) is 1. The lowest BCUT2D eigenvalue weighted by Crippen LogP contribution is -2.44. The highest BCUT2D eigenvalue weighted by Gasteiger charge is 2.23. The molecule has 0 bridgehead atoms. The number of amides is 1. The SMILES string of the molecule is CCC(CC)C(=O)N[C@@H](CC(C)C)C(=O)O. The number of rotatable bonds is 7. The van der Waals surface area contributed by atoms with Gasteiger partial charge in [0.25, 0.3) is 0 Å². The molecule has 1 atom stereocenters. The lowest BCUT2D eigenvalue weighted by molar-refractivity contribution is -0.143. The van der Waals surface area contributed by atoms with Gasteiger partial charge in [0, 0.05) is 5.92 Å². The van der Waals surface area contributed by atoms with Crippen LogP contribution in [0.3, 0.4) is 0 Å². The molecule has 1 amide bonds. The smallest absolute Gasteiger partial charge is 0.326 e. The Morgan fingerprint density at radius 2 is 1.69 bits per heavy atom. The summed E-state index contributed by atoms with van der Waals surface area (Å²) in [5.41, 5.74) is 0. The molecule has 94 valence electrons. The first-order chi connectivity index (χ1) is 7.42. The van der Waals surface area contributed by atoms with Gasteiger partial charge in [-0.05, 0) is 25.2 Å². The molecule has 0 aliphatic rings. The topological polar surface area (TPSA) is 66.4 Å². The Bertz CT molecular complexity index is 234. The molecule has 0 heterocycles. The first-order valence-corrected chi connectivity index (χ1v) is 5.95. The minimum absolute atomic E-state index is 0.0750. The molecule has 0 saturated carbocycles. The predicted octanol–water partition coefficient (Wildman–Crippen LogP) is 2.04. The highest BCUT2D eigenvalue weighted by Crippen LogP contribution is 2.10. The van der Waals surface area contributed by atoms with Crippen molar-refractivity contribution in [3.05, 3.63) is 0 Å². The largest absolute Gasteiger partial charge is 0.480 e. The van der Waals surface area contributed by atoms with Crippen molar-refractivity contribution in [2.45, 2.75) is 53.0 Å². The van der Waals surface area contributed by atoms with Gasteiger partial charge >= 0.3 is 5.97 Å². The van der Waals surface area contributed by atoms with Crippen LogP contribution in [0.5, 0.6) is 0 Å². The number of carbonyl (C=O) groups is 2. The normalized spacial score (nSPS) is 12.9. The average molecular weight is 229 g/mol. The van der Waals surface area contributed by atoms with Crippen molar-refractivity contribution in [3.63, 3.8) is 0 Å². The van der Waals surface area contributed by atoms with Crippen LogP contribution in [-0.4, -0.2) is 23.0 Å².